The molecule has 0 spiro atoms. The van der Waals surface area contributed by atoms with Gasteiger partial charge < -0.3 is 5.11 Å². The van der Waals surface area contributed by atoms with Crippen molar-refractivity contribution in [2.24, 2.45) is 7.05 Å². The summed E-state index contributed by atoms with van der Waals surface area (Å²) in [6.07, 6.45) is 2.41. The highest BCUT2D eigenvalue weighted by atomic mass is 35.5. The van der Waals surface area contributed by atoms with Crippen LogP contribution in [0.3, 0.4) is 0 Å². The number of pyridine rings is 1. The molecular formula is C11H12ClN3O. The molecule has 0 bridgehead atoms. The number of aromatic nitrogens is 3. The topological polar surface area (TPSA) is 50.9 Å². The van der Waals surface area contributed by atoms with Gasteiger partial charge in [-0.05, 0) is 13.0 Å². The Hall–Kier alpha value is -1.39. The molecule has 2 aromatic rings. The summed E-state index contributed by atoms with van der Waals surface area (Å²) in [5.41, 5.74) is 2.11. The van der Waals surface area contributed by atoms with Gasteiger partial charge in [0.25, 0.3) is 0 Å². The van der Waals surface area contributed by atoms with Gasteiger partial charge in [0.2, 0.25) is 0 Å². The molecule has 1 unspecified atom stereocenters. The van der Waals surface area contributed by atoms with Gasteiger partial charge in [-0.2, -0.15) is 5.10 Å². The van der Waals surface area contributed by atoms with Crippen molar-refractivity contribution < 1.29 is 5.11 Å². The fourth-order valence-electron chi connectivity index (χ4n) is 1.66. The van der Waals surface area contributed by atoms with Gasteiger partial charge in [-0.1, -0.05) is 17.7 Å². The van der Waals surface area contributed by atoms with Gasteiger partial charge in [0.05, 0.1) is 16.9 Å². The maximum Gasteiger partial charge on any atom is 0.124 e. The highest BCUT2D eigenvalue weighted by molar-refractivity contribution is 6.31. The average molecular weight is 238 g/mol. The van der Waals surface area contributed by atoms with E-state index in [-0.39, 0.29) is 0 Å². The first-order valence-electron chi connectivity index (χ1n) is 4.88. The molecule has 0 saturated heterocycles. The van der Waals surface area contributed by atoms with Crippen molar-refractivity contribution in [1.29, 1.82) is 0 Å². The largest absolute Gasteiger partial charge is 0.382 e. The van der Waals surface area contributed by atoms with Crippen LogP contribution >= 0.6 is 11.6 Å². The Kier molecular flexibility index (Phi) is 2.94. The molecule has 2 heterocycles. The Labute approximate surface area is 98.5 Å². The van der Waals surface area contributed by atoms with E-state index in [0.29, 0.717) is 10.7 Å². The monoisotopic (exact) mass is 237 g/mol. The van der Waals surface area contributed by atoms with Crippen LogP contribution < -0.4 is 0 Å². The highest BCUT2D eigenvalue weighted by Crippen LogP contribution is 2.28. The molecule has 84 valence electrons. The lowest BCUT2D eigenvalue weighted by atomic mass is 10.1. The highest BCUT2D eigenvalue weighted by Gasteiger charge is 2.19. The molecule has 1 atom stereocenters. The quantitative estimate of drug-likeness (QED) is 0.868. The predicted octanol–water partition coefficient (Wildman–Crippen LogP) is 1.86. The van der Waals surface area contributed by atoms with Crippen LogP contribution in [0.2, 0.25) is 5.02 Å². The molecule has 0 amide bonds. The molecule has 4 nitrogen and oxygen atoms in total. The van der Waals surface area contributed by atoms with Crippen LogP contribution in [-0.2, 0) is 7.05 Å². The van der Waals surface area contributed by atoms with Crippen molar-refractivity contribution in [3.05, 3.63) is 46.5 Å². The number of nitrogens with zero attached hydrogens (tertiary/aromatic N) is 3. The second-order valence-corrected chi connectivity index (χ2v) is 3.99. The van der Waals surface area contributed by atoms with Crippen LogP contribution in [-0.4, -0.2) is 19.9 Å². The summed E-state index contributed by atoms with van der Waals surface area (Å²) in [6, 6.07) is 3.62. The van der Waals surface area contributed by atoms with Gasteiger partial charge in [-0.3, -0.25) is 9.67 Å². The van der Waals surface area contributed by atoms with Gasteiger partial charge >= 0.3 is 0 Å². The number of hydrogen-bond donors (Lipinski definition) is 1. The van der Waals surface area contributed by atoms with Gasteiger partial charge in [0.15, 0.2) is 0 Å². The second kappa shape index (κ2) is 4.23. The van der Waals surface area contributed by atoms with Crippen LogP contribution in [0.15, 0.2) is 24.5 Å². The first kappa shape index (κ1) is 11.1. The summed E-state index contributed by atoms with van der Waals surface area (Å²) in [5, 5.41) is 14.7. The fourth-order valence-corrected chi connectivity index (χ4v) is 1.93. The third kappa shape index (κ3) is 1.81. The molecule has 16 heavy (non-hydrogen) atoms. The number of rotatable bonds is 2. The number of aliphatic hydroxyl groups excluding tert-OH is 1. The summed E-state index contributed by atoms with van der Waals surface area (Å²) < 4.78 is 1.57. The van der Waals surface area contributed by atoms with Crippen molar-refractivity contribution >= 4 is 11.6 Å². The lowest BCUT2D eigenvalue weighted by molar-refractivity contribution is 0.208. The van der Waals surface area contributed by atoms with Gasteiger partial charge in [0.1, 0.15) is 6.10 Å². The second-order valence-electron chi connectivity index (χ2n) is 3.58. The van der Waals surface area contributed by atoms with E-state index in [1.165, 1.54) is 6.20 Å². The normalized spacial score (nSPS) is 12.8. The summed E-state index contributed by atoms with van der Waals surface area (Å²) in [5.74, 6) is 0. The SMILES string of the molecule is Cc1ncccc1C(O)c1c(Cl)cnn1C. The third-order valence-corrected chi connectivity index (χ3v) is 2.83. The van der Waals surface area contributed by atoms with E-state index in [9.17, 15) is 5.11 Å². The Morgan fingerprint density at radius 2 is 2.25 bits per heavy atom. The van der Waals surface area contributed by atoms with Crippen LogP contribution in [0.25, 0.3) is 0 Å². The number of halogens is 1. The van der Waals surface area contributed by atoms with Crippen LogP contribution in [0.1, 0.15) is 23.1 Å². The summed E-state index contributed by atoms with van der Waals surface area (Å²) in [6.45, 7) is 1.85. The van der Waals surface area contributed by atoms with Crippen LogP contribution in [0, 0.1) is 6.92 Å². The third-order valence-electron chi connectivity index (χ3n) is 2.54. The molecule has 0 aromatic carbocycles. The zero-order valence-electron chi connectivity index (χ0n) is 9.05. The minimum absolute atomic E-state index is 0.457. The summed E-state index contributed by atoms with van der Waals surface area (Å²) in [7, 11) is 1.75. The van der Waals surface area contributed by atoms with E-state index in [1.54, 1.807) is 24.0 Å². The lowest BCUT2D eigenvalue weighted by Crippen LogP contribution is -2.09. The van der Waals surface area contributed by atoms with E-state index < -0.39 is 6.10 Å². The number of aliphatic hydroxyl groups is 1. The zero-order valence-corrected chi connectivity index (χ0v) is 9.81. The van der Waals surface area contributed by atoms with Crippen molar-refractivity contribution in [1.82, 2.24) is 14.8 Å². The molecule has 0 aliphatic carbocycles. The van der Waals surface area contributed by atoms with E-state index in [0.717, 1.165) is 11.3 Å². The molecule has 0 fully saturated rings. The van der Waals surface area contributed by atoms with Crippen LogP contribution in [0.5, 0.6) is 0 Å². The van der Waals surface area contributed by atoms with Crippen molar-refractivity contribution in [2.45, 2.75) is 13.0 Å². The zero-order chi connectivity index (χ0) is 11.7. The van der Waals surface area contributed by atoms with E-state index in [4.69, 9.17) is 11.6 Å². The van der Waals surface area contributed by atoms with E-state index in [1.807, 2.05) is 13.0 Å². The van der Waals surface area contributed by atoms with E-state index >= 15 is 0 Å². The van der Waals surface area contributed by atoms with Gasteiger partial charge in [-0.15, -0.1) is 0 Å². The van der Waals surface area contributed by atoms with Crippen molar-refractivity contribution in [2.75, 3.05) is 0 Å². The molecule has 0 radical (unpaired) electrons. The Balaban J connectivity index is 2.47. The smallest absolute Gasteiger partial charge is 0.124 e. The standard InChI is InChI=1S/C11H12ClN3O/c1-7-8(4-3-5-13-7)11(16)10-9(12)6-14-15(10)2/h3-6,11,16H,1-2H3. The average Bonchev–Trinajstić information content (AvgIpc) is 2.58. The Morgan fingerprint density at radius 3 is 2.81 bits per heavy atom. The minimum atomic E-state index is -0.798. The molecule has 1 N–H and O–H groups in total. The molecule has 0 saturated carbocycles. The van der Waals surface area contributed by atoms with Crippen LogP contribution in [0.4, 0.5) is 0 Å². The maximum absolute atomic E-state index is 10.2. The first-order chi connectivity index (χ1) is 7.61. The van der Waals surface area contributed by atoms with Crippen molar-refractivity contribution in [3.63, 3.8) is 0 Å². The predicted molar refractivity (Wildman–Crippen MR) is 61.3 cm³/mol. The molecule has 0 aliphatic heterocycles. The number of hydrogen-bond acceptors (Lipinski definition) is 3. The summed E-state index contributed by atoms with van der Waals surface area (Å²) in [4.78, 5) is 4.14. The molecule has 0 aliphatic rings. The Bertz CT molecular complexity index is 490. The molecule has 2 rings (SSSR count). The minimum Gasteiger partial charge on any atom is -0.382 e. The maximum atomic E-state index is 10.2. The Morgan fingerprint density at radius 1 is 1.50 bits per heavy atom. The lowest BCUT2D eigenvalue weighted by Gasteiger charge is -2.13. The van der Waals surface area contributed by atoms with Gasteiger partial charge in [-0.25, -0.2) is 0 Å². The first-order valence-corrected chi connectivity index (χ1v) is 5.26. The van der Waals surface area contributed by atoms with Gasteiger partial charge in [0, 0.05) is 24.5 Å². The molecular weight excluding hydrogens is 226 g/mol. The number of aryl methyl sites for hydroxylation is 2. The van der Waals surface area contributed by atoms with Crippen molar-refractivity contribution in [3.8, 4) is 0 Å². The molecule has 5 heteroatoms. The molecule has 2 aromatic heterocycles. The fraction of sp³-hybridized carbons (Fsp3) is 0.273. The summed E-state index contributed by atoms with van der Waals surface area (Å²) >= 11 is 5.98. The van der Waals surface area contributed by atoms with E-state index in [2.05, 4.69) is 10.1 Å².